The number of sulfonamides is 1. The molecule has 0 fully saturated rings. The third kappa shape index (κ3) is 3.20. The van der Waals surface area contributed by atoms with E-state index in [4.69, 9.17) is 28.3 Å². The Bertz CT molecular complexity index is 613. The highest BCUT2D eigenvalue weighted by atomic mass is 35.5. The van der Waals surface area contributed by atoms with Crippen molar-refractivity contribution in [3.8, 4) is 0 Å². The Labute approximate surface area is 121 Å². The molecule has 0 aliphatic carbocycles. The first-order valence-electron chi connectivity index (χ1n) is 5.29. The minimum absolute atomic E-state index is 0.00229. The van der Waals surface area contributed by atoms with Gasteiger partial charge in [0.2, 0.25) is 10.0 Å². The highest BCUT2D eigenvalue weighted by molar-refractivity contribution is 7.89. The molecule has 0 spiro atoms. The summed E-state index contributed by atoms with van der Waals surface area (Å²) in [5.41, 5.74) is -0.343. The molecule has 1 aromatic rings. The second-order valence-corrected chi connectivity index (χ2v) is 6.97. The molecule has 5 nitrogen and oxygen atoms in total. The molecule has 0 heterocycles. The van der Waals surface area contributed by atoms with E-state index in [0.29, 0.717) is 0 Å². The largest absolute Gasteiger partial charge is 0.478 e. The molecule has 0 radical (unpaired) electrons. The molecule has 1 rings (SSSR count). The monoisotopic (exact) mass is 325 g/mol. The van der Waals surface area contributed by atoms with Crippen molar-refractivity contribution in [3.05, 3.63) is 27.7 Å². The van der Waals surface area contributed by atoms with Crippen molar-refractivity contribution in [1.82, 2.24) is 4.31 Å². The Morgan fingerprint density at radius 3 is 2.26 bits per heavy atom. The summed E-state index contributed by atoms with van der Waals surface area (Å²) in [6.45, 7) is 3.38. The topological polar surface area (TPSA) is 74.7 Å². The molecule has 0 unspecified atom stereocenters. The van der Waals surface area contributed by atoms with Crippen LogP contribution in [0.3, 0.4) is 0 Å². The SMILES string of the molecule is CC(C)N(C)S(=O)(=O)c1cc(Cl)cc(C(=O)O)c1Cl. The van der Waals surface area contributed by atoms with Crippen LogP contribution < -0.4 is 0 Å². The lowest BCUT2D eigenvalue weighted by atomic mass is 10.2. The van der Waals surface area contributed by atoms with E-state index in [1.165, 1.54) is 7.05 Å². The van der Waals surface area contributed by atoms with Crippen LogP contribution in [0.4, 0.5) is 0 Å². The summed E-state index contributed by atoms with van der Waals surface area (Å²) in [6.07, 6.45) is 0. The number of carboxylic acid groups (broad SMARTS) is 1. The Hall–Kier alpha value is -0.820. The van der Waals surface area contributed by atoms with Gasteiger partial charge in [0.1, 0.15) is 4.90 Å². The number of carbonyl (C=O) groups is 1. The lowest BCUT2D eigenvalue weighted by Crippen LogP contribution is -2.33. The molecule has 1 aromatic carbocycles. The molecular formula is C11H13Cl2NO4S. The summed E-state index contributed by atoms with van der Waals surface area (Å²) in [6, 6.07) is 1.96. The highest BCUT2D eigenvalue weighted by Crippen LogP contribution is 2.31. The molecule has 0 saturated carbocycles. The van der Waals surface area contributed by atoms with E-state index in [-0.39, 0.29) is 26.5 Å². The molecule has 0 aromatic heterocycles. The van der Waals surface area contributed by atoms with Crippen molar-refractivity contribution in [2.24, 2.45) is 0 Å². The normalized spacial score (nSPS) is 12.2. The summed E-state index contributed by atoms with van der Waals surface area (Å²) in [4.78, 5) is 10.7. The van der Waals surface area contributed by atoms with E-state index < -0.39 is 16.0 Å². The maximum atomic E-state index is 12.3. The Morgan fingerprint density at radius 1 is 1.32 bits per heavy atom. The number of rotatable bonds is 4. The summed E-state index contributed by atoms with van der Waals surface area (Å²) in [5, 5.41) is 8.63. The van der Waals surface area contributed by atoms with E-state index in [0.717, 1.165) is 16.4 Å². The van der Waals surface area contributed by atoms with Crippen molar-refractivity contribution in [2.45, 2.75) is 24.8 Å². The van der Waals surface area contributed by atoms with Gasteiger partial charge in [-0.2, -0.15) is 4.31 Å². The lowest BCUT2D eigenvalue weighted by molar-refractivity contribution is 0.0697. The zero-order valence-electron chi connectivity index (χ0n) is 10.5. The fourth-order valence-corrected chi connectivity index (χ4v) is 3.58. The molecule has 19 heavy (non-hydrogen) atoms. The van der Waals surface area contributed by atoms with Crippen LogP contribution in [0.15, 0.2) is 17.0 Å². The zero-order valence-corrected chi connectivity index (χ0v) is 12.8. The molecule has 0 atom stereocenters. The second kappa shape index (κ2) is 5.66. The van der Waals surface area contributed by atoms with Gasteiger partial charge in [-0.15, -0.1) is 0 Å². The van der Waals surface area contributed by atoms with Gasteiger partial charge in [-0.05, 0) is 26.0 Å². The third-order valence-electron chi connectivity index (χ3n) is 2.62. The summed E-state index contributed by atoms with van der Waals surface area (Å²) < 4.78 is 25.7. The van der Waals surface area contributed by atoms with E-state index in [9.17, 15) is 13.2 Å². The van der Waals surface area contributed by atoms with Crippen molar-refractivity contribution >= 4 is 39.2 Å². The average molecular weight is 326 g/mol. The van der Waals surface area contributed by atoms with Gasteiger partial charge >= 0.3 is 5.97 Å². The van der Waals surface area contributed by atoms with Gasteiger partial charge in [-0.25, -0.2) is 13.2 Å². The second-order valence-electron chi connectivity index (χ2n) is 4.19. The first-order chi connectivity index (χ1) is 8.59. The summed E-state index contributed by atoms with van der Waals surface area (Å²) in [5.74, 6) is -1.34. The highest BCUT2D eigenvalue weighted by Gasteiger charge is 2.28. The zero-order chi connectivity index (χ0) is 15.0. The standard InChI is InChI=1S/C11H13Cl2NO4S/c1-6(2)14(3)19(17,18)9-5-7(12)4-8(10(9)13)11(15)16/h4-6H,1-3H3,(H,15,16). The number of hydrogen-bond donors (Lipinski definition) is 1. The van der Waals surface area contributed by atoms with Crippen molar-refractivity contribution < 1.29 is 18.3 Å². The number of hydrogen-bond acceptors (Lipinski definition) is 3. The Balaban J connectivity index is 3.56. The molecule has 0 aliphatic rings. The minimum atomic E-state index is -3.89. The van der Waals surface area contributed by atoms with Crippen molar-refractivity contribution in [1.29, 1.82) is 0 Å². The lowest BCUT2D eigenvalue weighted by Gasteiger charge is -2.22. The van der Waals surface area contributed by atoms with Crippen LogP contribution >= 0.6 is 23.2 Å². The fraction of sp³-hybridized carbons (Fsp3) is 0.364. The van der Waals surface area contributed by atoms with Gasteiger partial charge in [0.15, 0.2) is 0 Å². The molecule has 106 valence electrons. The van der Waals surface area contributed by atoms with Crippen LogP contribution in [0.5, 0.6) is 0 Å². The Kier molecular flexibility index (Phi) is 4.84. The molecule has 0 aliphatic heterocycles. The first kappa shape index (κ1) is 16.2. The molecular weight excluding hydrogens is 313 g/mol. The number of aromatic carboxylic acids is 1. The average Bonchev–Trinajstić information content (AvgIpc) is 2.29. The van der Waals surface area contributed by atoms with E-state index in [2.05, 4.69) is 0 Å². The van der Waals surface area contributed by atoms with E-state index in [1.807, 2.05) is 0 Å². The van der Waals surface area contributed by atoms with Crippen molar-refractivity contribution in [2.75, 3.05) is 7.05 Å². The first-order valence-corrected chi connectivity index (χ1v) is 7.49. The molecule has 0 saturated heterocycles. The maximum Gasteiger partial charge on any atom is 0.337 e. The maximum absolute atomic E-state index is 12.3. The van der Waals surface area contributed by atoms with E-state index >= 15 is 0 Å². The molecule has 8 heteroatoms. The number of nitrogens with zero attached hydrogens (tertiary/aromatic N) is 1. The van der Waals surface area contributed by atoms with Gasteiger partial charge in [0.05, 0.1) is 10.6 Å². The fourth-order valence-electron chi connectivity index (χ4n) is 1.34. The summed E-state index contributed by atoms with van der Waals surface area (Å²) >= 11 is 11.6. The van der Waals surface area contributed by atoms with Gasteiger partial charge in [-0.3, -0.25) is 0 Å². The van der Waals surface area contributed by atoms with E-state index in [1.54, 1.807) is 13.8 Å². The number of carboxylic acids is 1. The van der Waals surface area contributed by atoms with Gasteiger partial charge in [0, 0.05) is 18.1 Å². The predicted octanol–water partition coefficient (Wildman–Crippen LogP) is 2.72. The molecule has 0 amide bonds. The van der Waals surface area contributed by atoms with Crippen LogP contribution in [0.1, 0.15) is 24.2 Å². The summed E-state index contributed by atoms with van der Waals surface area (Å²) in [7, 11) is -2.51. The smallest absolute Gasteiger partial charge is 0.337 e. The Morgan fingerprint density at radius 2 is 1.84 bits per heavy atom. The van der Waals surface area contributed by atoms with Crippen LogP contribution in [0.2, 0.25) is 10.0 Å². The number of halogens is 2. The van der Waals surface area contributed by atoms with Crippen LogP contribution in [-0.4, -0.2) is 36.9 Å². The van der Waals surface area contributed by atoms with Crippen molar-refractivity contribution in [3.63, 3.8) is 0 Å². The van der Waals surface area contributed by atoms with Gasteiger partial charge in [-0.1, -0.05) is 23.2 Å². The minimum Gasteiger partial charge on any atom is -0.478 e. The van der Waals surface area contributed by atoms with Gasteiger partial charge < -0.3 is 5.11 Å². The quantitative estimate of drug-likeness (QED) is 0.923. The van der Waals surface area contributed by atoms with Crippen LogP contribution in [0, 0.1) is 0 Å². The third-order valence-corrected chi connectivity index (χ3v) is 5.41. The van der Waals surface area contributed by atoms with Crippen LogP contribution in [0.25, 0.3) is 0 Å². The molecule has 0 bridgehead atoms. The predicted molar refractivity (Wildman–Crippen MR) is 73.5 cm³/mol. The van der Waals surface area contributed by atoms with Gasteiger partial charge in [0.25, 0.3) is 0 Å². The van der Waals surface area contributed by atoms with Crippen LogP contribution in [-0.2, 0) is 10.0 Å². The number of benzene rings is 1. The molecule has 1 N–H and O–H groups in total.